The molecule has 0 aromatic heterocycles. The second kappa shape index (κ2) is 9.48. The fraction of sp³-hybridized carbons (Fsp3) is 0.500. The van der Waals surface area contributed by atoms with Gasteiger partial charge in [-0.15, -0.1) is 0 Å². The molecule has 0 radical (unpaired) electrons. The first-order valence-corrected chi connectivity index (χ1v) is 5.30. The van der Waals surface area contributed by atoms with Crippen molar-refractivity contribution in [2.24, 2.45) is 0 Å². The molecule has 11 nitrogen and oxygen atoms in total. The Hall–Kier alpha value is -1.53. The van der Waals surface area contributed by atoms with Crippen LogP contribution in [0.1, 0.15) is 19.3 Å². The number of esters is 2. The molecule has 0 aliphatic heterocycles. The van der Waals surface area contributed by atoms with E-state index in [0.29, 0.717) is 0 Å². The zero-order valence-corrected chi connectivity index (χ0v) is 10.4. The Morgan fingerprint density at radius 2 is 1.45 bits per heavy atom. The van der Waals surface area contributed by atoms with Gasteiger partial charge < -0.3 is 30.3 Å². The molecule has 0 rings (SSSR count). The molecule has 0 aliphatic rings. The molecule has 0 aromatic carbocycles. The molecule has 2 atom stereocenters. The summed E-state index contributed by atoms with van der Waals surface area (Å²) in [5.74, 6) is -8.52. The first-order valence-electron chi connectivity index (χ1n) is 5.30. The van der Waals surface area contributed by atoms with Gasteiger partial charge in [-0.25, -0.2) is 9.59 Å². The number of ether oxygens (including phenoxy) is 1. The summed E-state index contributed by atoms with van der Waals surface area (Å²) in [5, 5.41) is 43.7. The van der Waals surface area contributed by atoms with E-state index in [9.17, 15) is 29.1 Å². The summed E-state index contributed by atoms with van der Waals surface area (Å²) in [6.45, 7) is 0. The SMILES string of the molecule is O=C(O)CC(O)(CC(=O)OC(=O)CC(O)C(=O)O)C(=O)O.[NaH]. The van der Waals surface area contributed by atoms with Gasteiger partial charge in [0.05, 0.1) is 19.3 Å². The Balaban J connectivity index is 0. The monoisotopic (exact) mass is 332 g/mol. The molecule has 22 heavy (non-hydrogen) atoms. The predicted molar refractivity (Wildman–Crippen MR) is 66.0 cm³/mol. The van der Waals surface area contributed by atoms with Crippen LogP contribution in [-0.4, -0.2) is 96.6 Å². The molecule has 0 amide bonds. The Kier molecular flexibility index (Phi) is 9.80. The van der Waals surface area contributed by atoms with Crippen LogP contribution >= 0.6 is 0 Å². The number of rotatable bonds is 8. The summed E-state index contributed by atoms with van der Waals surface area (Å²) < 4.78 is 3.98. The molecule has 12 heteroatoms. The van der Waals surface area contributed by atoms with Crippen molar-refractivity contribution in [3.05, 3.63) is 0 Å². The fourth-order valence-corrected chi connectivity index (χ4v) is 1.15. The maximum atomic E-state index is 11.2. The van der Waals surface area contributed by atoms with E-state index in [2.05, 4.69) is 4.74 Å². The Bertz CT molecular complexity index is 473. The number of hydrogen-bond acceptors (Lipinski definition) is 8. The molecule has 0 aromatic rings. The Labute approximate surface area is 144 Å². The number of aliphatic hydroxyl groups is 2. The van der Waals surface area contributed by atoms with Crippen molar-refractivity contribution in [2.45, 2.75) is 31.0 Å². The normalized spacial score (nSPS) is 13.9. The van der Waals surface area contributed by atoms with Crippen LogP contribution in [0.4, 0.5) is 0 Å². The van der Waals surface area contributed by atoms with E-state index < -0.39 is 60.8 Å². The van der Waals surface area contributed by atoms with Crippen LogP contribution in [0, 0.1) is 0 Å². The molecule has 120 valence electrons. The average Bonchev–Trinajstić information content (AvgIpc) is 2.26. The van der Waals surface area contributed by atoms with Crippen molar-refractivity contribution in [1.29, 1.82) is 0 Å². The molecule has 0 saturated heterocycles. The average molecular weight is 332 g/mol. The second-order valence-corrected chi connectivity index (χ2v) is 3.99. The third-order valence-electron chi connectivity index (χ3n) is 2.15. The van der Waals surface area contributed by atoms with Gasteiger partial charge in [0.1, 0.15) is 0 Å². The number of carbonyl (C=O) groups is 5. The molecular weight excluding hydrogens is 319 g/mol. The Morgan fingerprint density at radius 1 is 0.955 bits per heavy atom. The molecule has 2 unspecified atom stereocenters. The zero-order valence-electron chi connectivity index (χ0n) is 10.4. The topological polar surface area (TPSA) is 196 Å². The van der Waals surface area contributed by atoms with Gasteiger partial charge in [0.15, 0.2) is 11.7 Å². The summed E-state index contributed by atoms with van der Waals surface area (Å²) in [6.07, 6.45) is -5.86. The standard InChI is InChI=1S/C10H12O11.Na.H/c11-4(8(16)17)1-6(14)21-7(15)3-10(20,9(18)19)2-5(12)13;;/h4,11,20H,1-3H2,(H,12,13)(H,16,17)(H,18,19);;. The summed E-state index contributed by atoms with van der Waals surface area (Å²) in [4.78, 5) is 53.6. The van der Waals surface area contributed by atoms with Crippen molar-refractivity contribution in [3.63, 3.8) is 0 Å². The number of hydrogen-bond donors (Lipinski definition) is 5. The third-order valence-corrected chi connectivity index (χ3v) is 2.15. The number of carboxylic acid groups (broad SMARTS) is 3. The van der Waals surface area contributed by atoms with Gasteiger partial charge in [-0.3, -0.25) is 14.4 Å². The summed E-state index contributed by atoms with van der Waals surface area (Å²) in [5.41, 5.74) is -2.98. The predicted octanol–water partition coefficient (Wildman–Crippen LogP) is -3.08. The van der Waals surface area contributed by atoms with E-state index in [1.54, 1.807) is 0 Å². The molecular formula is C10H13NaO11. The van der Waals surface area contributed by atoms with Crippen molar-refractivity contribution in [2.75, 3.05) is 0 Å². The number of carbonyl (C=O) groups excluding carboxylic acids is 2. The number of aliphatic hydroxyl groups excluding tert-OH is 1. The van der Waals surface area contributed by atoms with Crippen LogP contribution in [0.25, 0.3) is 0 Å². The van der Waals surface area contributed by atoms with Gasteiger partial charge in [0.2, 0.25) is 0 Å². The van der Waals surface area contributed by atoms with E-state index in [1.807, 2.05) is 0 Å². The maximum absolute atomic E-state index is 11.2. The molecule has 5 N–H and O–H groups in total. The van der Waals surface area contributed by atoms with Gasteiger partial charge in [0, 0.05) is 0 Å². The van der Waals surface area contributed by atoms with Crippen molar-refractivity contribution in [1.82, 2.24) is 0 Å². The first kappa shape index (κ1) is 22.7. The van der Waals surface area contributed by atoms with Crippen LogP contribution in [0.2, 0.25) is 0 Å². The van der Waals surface area contributed by atoms with Crippen LogP contribution in [0.5, 0.6) is 0 Å². The number of aliphatic carboxylic acids is 3. The van der Waals surface area contributed by atoms with E-state index in [0.717, 1.165) is 0 Å². The molecule has 0 bridgehead atoms. The van der Waals surface area contributed by atoms with E-state index >= 15 is 0 Å². The van der Waals surface area contributed by atoms with Gasteiger partial charge in [0.25, 0.3) is 0 Å². The van der Waals surface area contributed by atoms with Crippen molar-refractivity contribution < 1.29 is 54.2 Å². The van der Waals surface area contributed by atoms with E-state index in [1.165, 1.54) is 0 Å². The summed E-state index contributed by atoms with van der Waals surface area (Å²) in [6, 6.07) is 0. The first-order chi connectivity index (χ1) is 9.47. The summed E-state index contributed by atoms with van der Waals surface area (Å²) in [7, 11) is 0. The zero-order chi connectivity index (χ0) is 16.8. The van der Waals surface area contributed by atoms with E-state index in [-0.39, 0.29) is 29.6 Å². The van der Waals surface area contributed by atoms with E-state index in [4.69, 9.17) is 20.4 Å². The van der Waals surface area contributed by atoms with Crippen molar-refractivity contribution in [3.8, 4) is 0 Å². The fourth-order valence-electron chi connectivity index (χ4n) is 1.15. The van der Waals surface area contributed by atoms with Crippen LogP contribution in [0.3, 0.4) is 0 Å². The van der Waals surface area contributed by atoms with Crippen molar-refractivity contribution >= 4 is 59.4 Å². The summed E-state index contributed by atoms with van der Waals surface area (Å²) >= 11 is 0. The molecule has 0 fully saturated rings. The second-order valence-electron chi connectivity index (χ2n) is 3.99. The van der Waals surface area contributed by atoms with Crippen LogP contribution < -0.4 is 0 Å². The Morgan fingerprint density at radius 3 is 1.82 bits per heavy atom. The third kappa shape index (κ3) is 8.05. The van der Waals surface area contributed by atoms with Gasteiger partial charge in [-0.05, 0) is 0 Å². The van der Waals surface area contributed by atoms with Gasteiger partial charge in [-0.2, -0.15) is 0 Å². The minimum absolute atomic E-state index is 0. The minimum atomic E-state index is -2.98. The van der Waals surface area contributed by atoms with Crippen LogP contribution in [0.15, 0.2) is 0 Å². The quantitative estimate of drug-likeness (QED) is 0.172. The molecule has 0 saturated carbocycles. The van der Waals surface area contributed by atoms with Gasteiger partial charge >= 0.3 is 59.4 Å². The van der Waals surface area contributed by atoms with Crippen LogP contribution in [-0.2, 0) is 28.7 Å². The molecule has 0 spiro atoms. The molecule has 0 heterocycles. The molecule has 0 aliphatic carbocycles. The van der Waals surface area contributed by atoms with Gasteiger partial charge in [-0.1, -0.05) is 0 Å². The number of carboxylic acids is 3.